The van der Waals surface area contributed by atoms with E-state index in [0.717, 1.165) is 18.6 Å². The third kappa shape index (κ3) is 5.82. The molecule has 10 heteroatoms. The molecule has 0 aliphatic carbocycles. The molecule has 0 spiro atoms. The van der Waals surface area contributed by atoms with Gasteiger partial charge in [0.1, 0.15) is 17.5 Å². The normalized spacial score (nSPS) is 11.7. The molecule has 5 N–H and O–H groups in total. The molecule has 2 aromatic carbocycles. The fourth-order valence-corrected chi connectivity index (χ4v) is 3.35. The lowest BCUT2D eigenvalue weighted by atomic mass is 10.0. The molecule has 3 aromatic rings. The van der Waals surface area contributed by atoms with E-state index in [2.05, 4.69) is 15.6 Å². The first-order valence-electron chi connectivity index (χ1n) is 9.98. The molecule has 0 fully saturated rings. The van der Waals surface area contributed by atoms with E-state index in [0.29, 0.717) is 23.7 Å². The Morgan fingerprint density at radius 1 is 1.15 bits per heavy atom. The van der Waals surface area contributed by atoms with Crippen molar-refractivity contribution in [1.29, 1.82) is 0 Å². The van der Waals surface area contributed by atoms with E-state index in [1.54, 1.807) is 12.1 Å². The molecular weight excluding hydrogens is 454 g/mol. The number of anilines is 2. The van der Waals surface area contributed by atoms with Crippen molar-refractivity contribution in [2.75, 3.05) is 17.6 Å². The third-order valence-electron chi connectivity index (χ3n) is 4.70. The second kappa shape index (κ2) is 10.4. The molecule has 0 aliphatic rings. The molecule has 0 aliphatic heterocycles. The molecule has 7 nitrogen and oxygen atoms in total. The van der Waals surface area contributed by atoms with Crippen LogP contribution in [0.5, 0.6) is 0 Å². The summed E-state index contributed by atoms with van der Waals surface area (Å²) in [6, 6.07) is 8.48. The zero-order valence-corrected chi connectivity index (χ0v) is 18.3. The first-order valence-corrected chi connectivity index (χ1v) is 10.4. The summed E-state index contributed by atoms with van der Waals surface area (Å²) in [4.78, 5) is 28.7. The Hall–Kier alpha value is -3.56. The zero-order chi connectivity index (χ0) is 24.1. The molecular formula is C23H21ClF2N4O3. The quantitative estimate of drug-likeness (QED) is 0.411. The number of carbonyl (C=O) groups excluding carboxylic acids is 2. The van der Waals surface area contributed by atoms with Gasteiger partial charge in [-0.25, -0.2) is 13.8 Å². The highest BCUT2D eigenvalue weighted by Gasteiger charge is 2.20. The van der Waals surface area contributed by atoms with Crippen LogP contribution in [0.25, 0.3) is 11.1 Å². The van der Waals surface area contributed by atoms with E-state index >= 15 is 0 Å². The molecule has 0 bridgehead atoms. The Morgan fingerprint density at radius 2 is 1.85 bits per heavy atom. The van der Waals surface area contributed by atoms with Gasteiger partial charge in [0, 0.05) is 35.6 Å². The first kappa shape index (κ1) is 24.1. The molecule has 0 saturated heterocycles. The largest absolute Gasteiger partial charge is 0.383 e. The second-order valence-electron chi connectivity index (χ2n) is 7.20. The maximum Gasteiger partial charge on any atom is 0.257 e. The van der Waals surface area contributed by atoms with Crippen LogP contribution in [-0.4, -0.2) is 28.4 Å². The highest BCUT2D eigenvalue weighted by atomic mass is 35.5. The number of rotatable bonds is 7. The first-order chi connectivity index (χ1) is 15.7. The van der Waals surface area contributed by atoms with Crippen molar-refractivity contribution >= 4 is 34.9 Å². The van der Waals surface area contributed by atoms with E-state index in [-0.39, 0.29) is 33.6 Å². The summed E-state index contributed by atoms with van der Waals surface area (Å²) >= 11 is 6.37. The van der Waals surface area contributed by atoms with Gasteiger partial charge in [-0.05, 0) is 42.3 Å². The number of nitrogens with two attached hydrogens (primary N) is 1. The summed E-state index contributed by atoms with van der Waals surface area (Å²) in [6.07, 6.45) is 0.438. The number of nitrogens with zero attached hydrogens (tertiary/aromatic N) is 1. The lowest BCUT2D eigenvalue weighted by Crippen LogP contribution is -2.25. The molecule has 0 saturated carbocycles. The third-order valence-corrected chi connectivity index (χ3v) is 5.01. The predicted octanol–water partition coefficient (Wildman–Crippen LogP) is 4.07. The predicted molar refractivity (Wildman–Crippen MR) is 122 cm³/mol. The summed E-state index contributed by atoms with van der Waals surface area (Å²) in [7, 11) is 0. The number of hydrogen-bond acceptors (Lipinski definition) is 5. The van der Waals surface area contributed by atoms with Crippen LogP contribution < -0.4 is 16.4 Å². The fourth-order valence-electron chi connectivity index (χ4n) is 3.06. The molecule has 1 atom stereocenters. The van der Waals surface area contributed by atoms with Crippen LogP contribution in [0.15, 0.2) is 48.7 Å². The van der Waals surface area contributed by atoms with Crippen molar-refractivity contribution in [3.05, 3.63) is 76.4 Å². The van der Waals surface area contributed by atoms with Crippen molar-refractivity contribution in [2.24, 2.45) is 0 Å². The number of amides is 2. The van der Waals surface area contributed by atoms with Gasteiger partial charge >= 0.3 is 0 Å². The number of pyridine rings is 1. The smallest absolute Gasteiger partial charge is 0.257 e. The van der Waals surface area contributed by atoms with Crippen molar-refractivity contribution in [1.82, 2.24) is 10.3 Å². The summed E-state index contributed by atoms with van der Waals surface area (Å²) in [6.45, 7) is 2.42. The maximum absolute atomic E-state index is 13.4. The zero-order valence-electron chi connectivity index (χ0n) is 17.5. The Labute approximate surface area is 193 Å². The number of nitrogen functional groups attached to an aromatic ring is 1. The lowest BCUT2D eigenvalue weighted by Gasteiger charge is -2.14. The van der Waals surface area contributed by atoms with E-state index in [4.69, 9.17) is 17.3 Å². The van der Waals surface area contributed by atoms with E-state index in [1.165, 1.54) is 18.3 Å². The van der Waals surface area contributed by atoms with E-state index in [9.17, 15) is 23.5 Å². The van der Waals surface area contributed by atoms with Gasteiger partial charge in [0.2, 0.25) is 0 Å². The molecule has 172 valence electrons. The van der Waals surface area contributed by atoms with Crippen LogP contribution in [-0.2, 0) is 4.79 Å². The minimum absolute atomic E-state index is 0.0788. The number of aromatic nitrogens is 1. The Balaban J connectivity index is 1.80. The van der Waals surface area contributed by atoms with Gasteiger partial charge < -0.3 is 21.5 Å². The van der Waals surface area contributed by atoms with Crippen LogP contribution in [0.4, 0.5) is 20.3 Å². The number of aliphatic hydroxyl groups excluding tert-OH is 1. The lowest BCUT2D eigenvalue weighted by molar-refractivity contribution is -0.124. The number of aliphatic hydroxyl groups is 1. The average molecular weight is 475 g/mol. The van der Waals surface area contributed by atoms with E-state index in [1.807, 2.05) is 6.92 Å². The van der Waals surface area contributed by atoms with Crippen LogP contribution in [0.3, 0.4) is 0 Å². The van der Waals surface area contributed by atoms with Gasteiger partial charge in [0.25, 0.3) is 11.8 Å². The Kier molecular flexibility index (Phi) is 7.57. The molecule has 1 unspecified atom stereocenters. The molecule has 2 amide bonds. The number of hydrogen-bond donors (Lipinski definition) is 4. The van der Waals surface area contributed by atoms with Gasteiger partial charge in [-0.1, -0.05) is 24.6 Å². The second-order valence-corrected chi connectivity index (χ2v) is 7.61. The highest BCUT2D eigenvalue weighted by molar-refractivity contribution is 6.33. The summed E-state index contributed by atoms with van der Waals surface area (Å²) in [5.74, 6) is -3.00. The van der Waals surface area contributed by atoms with Crippen LogP contribution in [0.1, 0.15) is 35.4 Å². The van der Waals surface area contributed by atoms with Gasteiger partial charge in [0.15, 0.2) is 6.10 Å². The molecule has 1 heterocycles. The number of benzene rings is 2. The van der Waals surface area contributed by atoms with Crippen molar-refractivity contribution < 1.29 is 23.5 Å². The number of carbonyl (C=O) groups is 2. The molecule has 3 rings (SSSR count). The highest BCUT2D eigenvalue weighted by Crippen LogP contribution is 2.32. The van der Waals surface area contributed by atoms with Crippen LogP contribution in [0.2, 0.25) is 5.02 Å². The Morgan fingerprint density at radius 3 is 2.48 bits per heavy atom. The van der Waals surface area contributed by atoms with Gasteiger partial charge in [-0.2, -0.15) is 0 Å². The van der Waals surface area contributed by atoms with Crippen molar-refractivity contribution in [2.45, 2.75) is 19.4 Å². The summed E-state index contributed by atoms with van der Waals surface area (Å²) in [5, 5.41) is 15.5. The fraction of sp³-hybridized carbons (Fsp3) is 0.174. The van der Waals surface area contributed by atoms with Gasteiger partial charge in [-0.15, -0.1) is 0 Å². The van der Waals surface area contributed by atoms with Crippen LogP contribution in [0, 0.1) is 11.6 Å². The number of halogens is 3. The standard InChI is InChI=1S/C23H21ClF2N4O3/c1-2-5-28-22(32)18-8-13(11-29-21(18)27)17-4-3-16(10-19(17)24)30-23(33)20(31)12-6-14(25)9-15(26)7-12/h3-4,6-11,20,31H,2,5H2,1H3,(H2,27,29)(H,28,32)(H,30,33). The SMILES string of the molecule is CCCNC(=O)c1cc(-c2ccc(NC(=O)C(O)c3cc(F)cc(F)c3)cc2Cl)cnc1N. The maximum atomic E-state index is 13.4. The van der Waals surface area contributed by atoms with Crippen molar-refractivity contribution in [3.8, 4) is 11.1 Å². The molecule has 0 radical (unpaired) electrons. The van der Waals surface area contributed by atoms with Gasteiger partial charge in [-0.3, -0.25) is 9.59 Å². The van der Waals surface area contributed by atoms with E-state index < -0.39 is 23.6 Å². The Bertz CT molecular complexity index is 1190. The minimum Gasteiger partial charge on any atom is -0.383 e. The molecule has 33 heavy (non-hydrogen) atoms. The summed E-state index contributed by atoms with van der Waals surface area (Å²) in [5.41, 5.74) is 7.11. The van der Waals surface area contributed by atoms with Crippen molar-refractivity contribution in [3.63, 3.8) is 0 Å². The summed E-state index contributed by atoms with van der Waals surface area (Å²) < 4.78 is 26.7. The van der Waals surface area contributed by atoms with Crippen LogP contribution >= 0.6 is 11.6 Å². The minimum atomic E-state index is -1.79. The van der Waals surface area contributed by atoms with Gasteiger partial charge in [0.05, 0.1) is 10.6 Å². The molecule has 1 aromatic heterocycles. The monoisotopic (exact) mass is 474 g/mol. The average Bonchev–Trinajstić information content (AvgIpc) is 2.77. The topological polar surface area (TPSA) is 117 Å². The number of nitrogens with one attached hydrogen (secondary N) is 2.